The van der Waals surface area contributed by atoms with Crippen LogP contribution in [0.2, 0.25) is 0 Å². The highest BCUT2D eigenvalue weighted by atomic mass is 19.4. The van der Waals surface area contributed by atoms with E-state index in [0.717, 1.165) is 12.8 Å². The second-order valence-corrected chi connectivity index (χ2v) is 10.3. The van der Waals surface area contributed by atoms with Gasteiger partial charge in [0.1, 0.15) is 29.7 Å². The molecule has 1 fully saturated rings. The van der Waals surface area contributed by atoms with Gasteiger partial charge in [0.05, 0.1) is 11.5 Å². The van der Waals surface area contributed by atoms with Gasteiger partial charge in [-0.15, -0.1) is 0 Å². The van der Waals surface area contributed by atoms with Crippen molar-refractivity contribution in [2.24, 2.45) is 5.41 Å². The van der Waals surface area contributed by atoms with Crippen molar-refractivity contribution in [1.82, 2.24) is 20.6 Å². The standard InChI is InChI=1S/C28H25F3N4O6/c29-28(30,31)20-21(15-6-2-1-3-7-15)34-40-23(20)25-33-24(35-41-25)16-8-9-17-19(12-16)39-13-18(22(17)36)32-14-27(26(37)38)10-4-5-11-27/h1-3,6-9,12,18,22,32,36H,4-5,10-11,13-14H2,(H,37,38)/t18-,22-/m1/s1. The van der Waals surface area contributed by atoms with Gasteiger partial charge in [-0.1, -0.05) is 65.6 Å². The summed E-state index contributed by atoms with van der Waals surface area (Å²) in [6, 6.07) is 12.0. The molecule has 0 saturated heterocycles. The van der Waals surface area contributed by atoms with Crippen LogP contribution in [0.4, 0.5) is 13.2 Å². The van der Waals surface area contributed by atoms with Crippen molar-refractivity contribution < 1.29 is 42.0 Å². The third-order valence-corrected chi connectivity index (χ3v) is 7.75. The molecule has 1 aliphatic carbocycles. The molecule has 2 atom stereocenters. The van der Waals surface area contributed by atoms with Gasteiger partial charge in [-0.05, 0) is 18.9 Å². The molecule has 1 saturated carbocycles. The maximum absolute atomic E-state index is 14.0. The number of halogens is 3. The Balaban J connectivity index is 1.23. The summed E-state index contributed by atoms with van der Waals surface area (Å²) in [5.74, 6) is -1.71. The van der Waals surface area contributed by atoms with Gasteiger partial charge >= 0.3 is 12.1 Å². The summed E-state index contributed by atoms with van der Waals surface area (Å²) in [6.45, 7) is 0.306. The van der Waals surface area contributed by atoms with Crippen LogP contribution in [0.5, 0.6) is 5.75 Å². The lowest BCUT2D eigenvalue weighted by Crippen LogP contribution is -2.48. The summed E-state index contributed by atoms with van der Waals surface area (Å²) in [5, 5.41) is 31.3. The van der Waals surface area contributed by atoms with E-state index < -0.39 is 52.6 Å². The molecule has 0 unspecified atom stereocenters. The van der Waals surface area contributed by atoms with Crippen molar-refractivity contribution in [3.63, 3.8) is 0 Å². The van der Waals surface area contributed by atoms with Crippen molar-refractivity contribution in [3.8, 4) is 40.0 Å². The van der Waals surface area contributed by atoms with Crippen LogP contribution in [0.25, 0.3) is 34.3 Å². The van der Waals surface area contributed by atoms with E-state index in [1.54, 1.807) is 36.4 Å². The van der Waals surface area contributed by atoms with Crippen molar-refractivity contribution in [2.75, 3.05) is 13.2 Å². The zero-order chi connectivity index (χ0) is 28.8. The number of alkyl halides is 3. The van der Waals surface area contributed by atoms with Crippen LogP contribution in [-0.4, -0.2) is 50.7 Å². The van der Waals surface area contributed by atoms with Gasteiger partial charge in [0.2, 0.25) is 11.6 Å². The van der Waals surface area contributed by atoms with E-state index in [0.29, 0.717) is 29.7 Å². The molecule has 0 radical (unpaired) electrons. The lowest BCUT2D eigenvalue weighted by Gasteiger charge is -2.34. The summed E-state index contributed by atoms with van der Waals surface area (Å²) < 4.78 is 58.1. The van der Waals surface area contributed by atoms with Gasteiger partial charge in [0.15, 0.2) is 0 Å². The SMILES string of the molecule is O=C(O)C1(CN[C@@H]2COc3cc(-c4noc(-c5onc(-c6ccccc6)c5C(F)(F)F)n4)ccc3[C@H]2O)CCCC1. The fourth-order valence-corrected chi connectivity index (χ4v) is 5.47. The van der Waals surface area contributed by atoms with Gasteiger partial charge < -0.3 is 29.3 Å². The number of fused-ring (bicyclic) bond motifs is 1. The molecule has 6 rings (SSSR count). The smallest absolute Gasteiger partial charge is 0.422 e. The van der Waals surface area contributed by atoms with Crippen LogP contribution >= 0.6 is 0 Å². The lowest BCUT2D eigenvalue weighted by atomic mass is 9.85. The second kappa shape index (κ2) is 10.3. The van der Waals surface area contributed by atoms with E-state index in [-0.39, 0.29) is 24.5 Å². The van der Waals surface area contributed by atoms with Crippen LogP contribution in [0, 0.1) is 5.41 Å². The number of rotatable bonds is 7. The van der Waals surface area contributed by atoms with Gasteiger partial charge in [-0.3, -0.25) is 4.79 Å². The number of benzene rings is 2. The number of aromatic nitrogens is 3. The van der Waals surface area contributed by atoms with E-state index in [2.05, 4.69) is 20.6 Å². The topological polar surface area (TPSA) is 144 Å². The van der Waals surface area contributed by atoms with Gasteiger partial charge in [-0.25, -0.2) is 0 Å². The van der Waals surface area contributed by atoms with Gasteiger partial charge in [0.25, 0.3) is 5.89 Å². The Hall–Kier alpha value is -4.23. The fraction of sp³-hybridized carbons (Fsp3) is 0.357. The number of carboxylic acid groups (broad SMARTS) is 1. The summed E-state index contributed by atoms with van der Waals surface area (Å²) in [4.78, 5) is 16.0. The van der Waals surface area contributed by atoms with E-state index in [1.807, 2.05) is 0 Å². The molecule has 3 heterocycles. The number of aliphatic hydroxyl groups excluding tert-OH is 1. The number of ether oxygens (including phenoxy) is 1. The van der Waals surface area contributed by atoms with Crippen molar-refractivity contribution in [2.45, 2.75) is 44.0 Å². The predicted octanol–water partition coefficient (Wildman–Crippen LogP) is 5.11. The number of hydrogen-bond acceptors (Lipinski definition) is 9. The number of aliphatic carboxylic acids is 1. The maximum Gasteiger partial charge on any atom is 0.422 e. The molecule has 4 aromatic rings. The Morgan fingerprint density at radius 1 is 1.05 bits per heavy atom. The molecule has 13 heteroatoms. The lowest BCUT2D eigenvalue weighted by molar-refractivity contribution is -0.148. The first-order valence-electron chi connectivity index (χ1n) is 13.0. The number of nitrogens with one attached hydrogen (secondary N) is 1. The normalized spacial score (nSPS) is 20.0. The Morgan fingerprint density at radius 2 is 1.80 bits per heavy atom. The average Bonchev–Trinajstić information content (AvgIpc) is 3.73. The second-order valence-electron chi connectivity index (χ2n) is 10.3. The third-order valence-electron chi connectivity index (χ3n) is 7.75. The zero-order valence-corrected chi connectivity index (χ0v) is 21.5. The summed E-state index contributed by atoms with van der Waals surface area (Å²) in [5.41, 5.74) is -1.30. The molecule has 3 N–H and O–H groups in total. The number of carbonyl (C=O) groups is 1. The minimum absolute atomic E-state index is 0.0171. The number of carboxylic acids is 1. The molecule has 10 nitrogen and oxygen atoms in total. The van der Waals surface area contributed by atoms with Crippen LogP contribution in [0.3, 0.4) is 0 Å². The number of nitrogens with zero attached hydrogens (tertiary/aromatic N) is 3. The molecule has 1 aliphatic heterocycles. The van der Waals surface area contributed by atoms with E-state index in [9.17, 15) is 28.2 Å². The molecule has 0 bridgehead atoms. The molecular weight excluding hydrogens is 545 g/mol. The summed E-state index contributed by atoms with van der Waals surface area (Å²) in [6.07, 6.45) is -2.92. The van der Waals surface area contributed by atoms with E-state index in [1.165, 1.54) is 12.1 Å². The highest BCUT2D eigenvalue weighted by Crippen LogP contribution is 2.44. The summed E-state index contributed by atoms with van der Waals surface area (Å²) >= 11 is 0. The number of hydrogen-bond donors (Lipinski definition) is 3. The Labute approximate surface area is 231 Å². The minimum atomic E-state index is -4.81. The zero-order valence-electron chi connectivity index (χ0n) is 21.5. The van der Waals surface area contributed by atoms with Crippen LogP contribution in [0.15, 0.2) is 57.6 Å². The molecule has 2 aromatic carbocycles. The van der Waals surface area contributed by atoms with Crippen molar-refractivity contribution >= 4 is 5.97 Å². The van der Waals surface area contributed by atoms with E-state index in [4.69, 9.17) is 13.8 Å². The largest absolute Gasteiger partial charge is 0.491 e. The van der Waals surface area contributed by atoms with Crippen molar-refractivity contribution in [1.29, 1.82) is 0 Å². The van der Waals surface area contributed by atoms with E-state index >= 15 is 0 Å². The quantitative estimate of drug-likeness (QED) is 0.274. The van der Waals surface area contributed by atoms with Crippen molar-refractivity contribution in [3.05, 3.63) is 59.7 Å². The molecule has 2 aliphatic rings. The fourth-order valence-electron chi connectivity index (χ4n) is 5.47. The van der Waals surface area contributed by atoms with Crippen LogP contribution < -0.4 is 10.1 Å². The molecule has 0 amide bonds. The summed E-state index contributed by atoms with van der Waals surface area (Å²) in [7, 11) is 0. The number of aliphatic hydroxyl groups is 1. The third kappa shape index (κ3) is 4.95. The average molecular weight is 571 g/mol. The minimum Gasteiger partial charge on any atom is -0.491 e. The van der Waals surface area contributed by atoms with Crippen LogP contribution in [0.1, 0.15) is 42.9 Å². The Bertz CT molecular complexity index is 1560. The molecule has 214 valence electrons. The van der Waals surface area contributed by atoms with Gasteiger partial charge in [0, 0.05) is 23.2 Å². The first-order chi connectivity index (χ1) is 19.7. The van der Waals surface area contributed by atoms with Crippen LogP contribution in [-0.2, 0) is 11.0 Å². The molecule has 0 spiro atoms. The molecular formula is C28H25F3N4O6. The Kier molecular flexibility index (Phi) is 6.78. The van der Waals surface area contributed by atoms with Gasteiger partial charge in [-0.2, -0.15) is 18.2 Å². The highest BCUT2D eigenvalue weighted by Gasteiger charge is 2.44. The Morgan fingerprint density at radius 3 is 2.51 bits per heavy atom. The first kappa shape index (κ1) is 27.0. The monoisotopic (exact) mass is 570 g/mol. The first-order valence-corrected chi connectivity index (χ1v) is 13.0. The predicted molar refractivity (Wildman–Crippen MR) is 136 cm³/mol. The highest BCUT2D eigenvalue weighted by molar-refractivity contribution is 5.75. The molecule has 2 aromatic heterocycles. The maximum atomic E-state index is 14.0. The molecule has 41 heavy (non-hydrogen) atoms.